The van der Waals surface area contributed by atoms with Crippen LogP contribution in [0.15, 0.2) is 48.7 Å². The number of fused-ring (bicyclic) bond motifs is 1. The van der Waals surface area contributed by atoms with Gasteiger partial charge in [0.2, 0.25) is 17.1 Å². The predicted molar refractivity (Wildman–Crippen MR) is 89.1 cm³/mol. The quantitative estimate of drug-likeness (QED) is 0.703. The molecule has 1 unspecified atom stereocenters. The summed E-state index contributed by atoms with van der Waals surface area (Å²) in [5.74, 6) is 0.528. The molecule has 3 aromatic rings. The van der Waals surface area contributed by atoms with Gasteiger partial charge in [-0.25, -0.2) is 13.9 Å². The Morgan fingerprint density at radius 1 is 1.17 bits per heavy atom. The molecule has 0 aliphatic carbocycles. The van der Waals surface area contributed by atoms with Crippen molar-refractivity contribution in [2.75, 3.05) is 7.11 Å². The number of benzene rings is 1. The normalized spacial score (nSPS) is 12.3. The lowest BCUT2D eigenvalue weighted by Crippen LogP contribution is -2.15. The zero-order chi connectivity index (χ0) is 16.2. The monoisotopic (exact) mass is 329 g/mol. The van der Waals surface area contributed by atoms with Crippen LogP contribution in [-0.4, -0.2) is 25.8 Å². The van der Waals surface area contributed by atoms with Gasteiger partial charge >= 0.3 is 0 Å². The highest BCUT2D eigenvalue weighted by atomic mass is 32.2. The second kappa shape index (κ2) is 6.82. The van der Waals surface area contributed by atoms with Gasteiger partial charge in [-0.2, -0.15) is 4.98 Å². The Morgan fingerprint density at radius 3 is 2.65 bits per heavy atom. The van der Waals surface area contributed by atoms with Crippen molar-refractivity contribution in [1.29, 1.82) is 0 Å². The summed E-state index contributed by atoms with van der Waals surface area (Å²) in [6.45, 7) is 0.333. The maximum atomic E-state index is 10.6. The van der Waals surface area contributed by atoms with Gasteiger partial charge in [-0.1, -0.05) is 24.3 Å². The number of methoxy groups -OCH3 is 1. The van der Waals surface area contributed by atoms with E-state index in [0.29, 0.717) is 18.1 Å². The lowest BCUT2D eigenvalue weighted by atomic mass is 10.0. The molecule has 118 valence electrons. The molecule has 0 bridgehead atoms. The summed E-state index contributed by atoms with van der Waals surface area (Å²) in [7, 11) is 1.57. The Hall–Kier alpha value is -2.35. The van der Waals surface area contributed by atoms with Crippen LogP contribution in [0.25, 0.3) is 22.2 Å². The standard InChI is InChI=1S/C16H15N3O3S/c1-22-15-7-6-14-13(8-9-17-16(14)19-15)12-4-2-11(3-5-12)10-18-23(20)21/h2-9,18H,10H2,1H3,(H,20,21). The van der Waals surface area contributed by atoms with E-state index in [1.54, 1.807) is 13.3 Å². The highest BCUT2D eigenvalue weighted by molar-refractivity contribution is 7.77. The fourth-order valence-corrected chi connectivity index (χ4v) is 2.61. The van der Waals surface area contributed by atoms with Crippen molar-refractivity contribution in [2.45, 2.75) is 6.54 Å². The molecule has 0 amide bonds. The Labute approximate surface area is 136 Å². The predicted octanol–water partition coefficient (Wildman–Crippen LogP) is 2.53. The molecule has 6 nitrogen and oxygen atoms in total. The Morgan fingerprint density at radius 2 is 1.96 bits per heavy atom. The van der Waals surface area contributed by atoms with Crippen molar-refractivity contribution in [2.24, 2.45) is 0 Å². The summed E-state index contributed by atoms with van der Waals surface area (Å²) in [5, 5.41) is 0.940. The third-order valence-electron chi connectivity index (χ3n) is 3.45. The van der Waals surface area contributed by atoms with Crippen molar-refractivity contribution < 1.29 is 13.5 Å². The number of hydrogen-bond donors (Lipinski definition) is 2. The van der Waals surface area contributed by atoms with E-state index in [1.165, 1.54) is 0 Å². The van der Waals surface area contributed by atoms with Crippen LogP contribution in [0, 0.1) is 0 Å². The molecule has 3 rings (SSSR count). The lowest BCUT2D eigenvalue weighted by molar-refractivity contribution is 0.399. The van der Waals surface area contributed by atoms with Crippen LogP contribution in [0.5, 0.6) is 5.88 Å². The Balaban J connectivity index is 1.95. The maximum absolute atomic E-state index is 10.6. The largest absolute Gasteiger partial charge is 0.481 e. The summed E-state index contributed by atoms with van der Waals surface area (Å²) in [6, 6.07) is 13.5. The van der Waals surface area contributed by atoms with Crippen LogP contribution in [0.3, 0.4) is 0 Å². The first-order valence-electron chi connectivity index (χ1n) is 6.91. The molecule has 1 atom stereocenters. The topological polar surface area (TPSA) is 84.3 Å². The average Bonchev–Trinajstić information content (AvgIpc) is 2.59. The molecule has 23 heavy (non-hydrogen) atoms. The molecule has 2 N–H and O–H groups in total. The van der Waals surface area contributed by atoms with Gasteiger partial charge in [0.05, 0.1) is 7.11 Å². The fraction of sp³-hybridized carbons (Fsp3) is 0.125. The minimum Gasteiger partial charge on any atom is -0.481 e. The van der Waals surface area contributed by atoms with Crippen LogP contribution in [0.4, 0.5) is 0 Å². The summed E-state index contributed by atoms with van der Waals surface area (Å²) in [6.07, 6.45) is 1.72. The van der Waals surface area contributed by atoms with E-state index >= 15 is 0 Å². The molecule has 2 aromatic heterocycles. The second-order valence-electron chi connectivity index (χ2n) is 4.85. The molecule has 0 saturated heterocycles. The number of pyridine rings is 2. The number of ether oxygens (including phenoxy) is 1. The van der Waals surface area contributed by atoms with E-state index in [-0.39, 0.29) is 0 Å². The number of hydrogen-bond acceptors (Lipinski definition) is 4. The van der Waals surface area contributed by atoms with Crippen LogP contribution >= 0.6 is 0 Å². The molecule has 2 heterocycles. The number of nitrogens with zero attached hydrogens (tertiary/aromatic N) is 2. The zero-order valence-corrected chi connectivity index (χ0v) is 13.2. The highest BCUT2D eigenvalue weighted by Crippen LogP contribution is 2.28. The first-order valence-corrected chi connectivity index (χ1v) is 8.01. The average molecular weight is 329 g/mol. The van der Waals surface area contributed by atoms with Crippen LogP contribution in [-0.2, 0) is 17.8 Å². The summed E-state index contributed by atoms with van der Waals surface area (Å²) >= 11 is -2.01. The van der Waals surface area contributed by atoms with Crippen molar-refractivity contribution in [3.63, 3.8) is 0 Å². The maximum Gasteiger partial charge on any atom is 0.232 e. The number of aromatic nitrogens is 2. The van der Waals surface area contributed by atoms with Crippen LogP contribution in [0.2, 0.25) is 0 Å². The van der Waals surface area contributed by atoms with Gasteiger partial charge in [-0.05, 0) is 28.8 Å². The fourth-order valence-electron chi connectivity index (χ4n) is 2.32. The highest BCUT2D eigenvalue weighted by Gasteiger charge is 2.07. The first-order chi connectivity index (χ1) is 11.2. The molecule has 1 aromatic carbocycles. The number of rotatable bonds is 5. The van der Waals surface area contributed by atoms with Crippen molar-refractivity contribution in [3.8, 4) is 17.0 Å². The summed E-state index contributed by atoms with van der Waals surface area (Å²) in [5.41, 5.74) is 3.60. The number of nitrogens with one attached hydrogen (secondary N) is 1. The third kappa shape index (κ3) is 3.53. The molecular weight excluding hydrogens is 314 g/mol. The van der Waals surface area contributed by atoms with Gasteiger partial charge in [0.25, 0.3) is 0 Å². The van der Waals surface area contributed by atoms with Gasteiger partial charge in [0.15, 0.2) is 5.65 Å². The van der Waals surface area contributed by atoms with Gasteiger partial charge in [-0.3, -0.25) is 4.55 Å². The third-order valence-corrected chi connectivity index (χ3v) is 3.84. The Bertz CT molecular complexity index is 853. The van der Waals surface area contributed by atoms with E-state index in [0.717, 1.165) is 22.1 Å². The van der Waals surface area contributed by atoms with Gasteiger partial charge in [0.1, 0.15) is 0 Å². The summed E-state index contributed by atoms with van der Waals surface area (Å²) < 4.78 is 27.0. The zero-order valence-electron chi connectivity index (χ0n) is 12.4. The van der Waals surface area contributed by atoms with Crippen molar-refractivity contribution in [1.82, 2.24) is 14.7 Å². The van der Waals surface area contributed by atoms with Gasteiger partial charge in [0, 0.05) is 24.2 Å². The molecule has 0 aliphatic rings. The summed E-state index contributed by atoms with van der Waals surface area (Å²) in [4.78, 5) is 8.62. The smallest absolute Gasteiger partial charge is 0.232 e. The van der Waals surface area contributed by atoms with E-state index < -0.39 is 11.3 Å². The lowest BCUT2D eigenvalue weighted by Gasteiger charge is -2.08. The molecule has 0 spiro atoms. The van der Waals surface area contributed by atoms with E-state index in [2.05, 4.69) is 14.7 Å². The second-order valence-corrected chi connectivity index (χ2v) is 5.64. The molecule has 7 heteroatoms. The minimum absolute atomic E-state index is 0.333. The molecule has 0 fully saturated rings. The van der Waals surface area contributed by atoms with E-state index in [1.807, 2.05) is 42.5 Å². The van der Waals surface area contributed by atoms with Crippen molar-refractivity contribution in [3.05, 3.63) is 54.2 Å². The minimum atomic E-state index is -2.01. The van der Waals surface area contributed by atoms with Crippen LogP contribution < -0.4 is 9.46 Å². The van der Waals surface area contributed by atoms with Gasteiger partial charge in [-0.15, -0.1) is 0 Å². The molecule has 0 aliphatic heterocycles. The SMILES string of the molecule is COc1ccc2c(-c3ccc(CNS(=O)O)cc3)ccnc2n1. The molecule has 0 radical (unpaired) electrons. The Kier molecular flexibility index (Phi) is 4.61. The van der Waals surface area contributed by atoms with Crippen LogP contribution in [0.1, 0.15) is 5.56 Å². The molecule has 0 saturated carbocycles. The molecular formula is C16H15N3O3S. The van der Waals surface area contributed by atoms with E-state index in [4.69, 9.17) is 9.29 Å². The van der Waals surface area contributed by atoms with Gasteiger partial charge < -0.3 is 4.74 Å². The first kappa shape index (κ1) is 15.5. The van der Waals surface area contributed by atoms with Crippen molar-refractivity contribution >= 4 is 22.3 Å². The van der Waals surface area contributed by atoms with E-state index in [9.17, 15) is 4.21 Å².